The minimum absolute atomic E-state index is 0.127. The van der Waals surface area contributed by atoms with E-state index in [4.69, 9.17) is 4.74 Å². The first-order chi connectivity index (χ1) is 11.7. The van der Waals surface area contributed by atoms with Gasteiger partial charge in [0.05, 0.1) is 13.7 Å². The number of hydrogen-bond donors (Lipinski definition) is 3. The first kappa shape index (κ1) is 17.7. The van der Waals surface area contributed by atoms with Gasteiger partial charge in [-0.15, -0.1) is 0 Å². The lowest BCUT2D eigenvalue weighted by molar-refractivity contribution is 0.373. The first-order valence-corrected chi connectivity index (χ1v) is 8.08. The second-order valence-corrected chi connectivity index (χ2v) is 5.25. The third-order valence-electron chi connectivity index (χ3n) is 3.42. The van der Waals surface area contributed by atoms with Gasteiger partial charge in [0.2, 0.25) is 0 Å². The standard InChI is InChI=1S/C17H25N5O2/c1-3-18-17(19-8-4-10-22-11-5-9-21-22)20-13-14-6-7-16(24-2)15(23)12-14/h5-7,9,11-12,23H,3-4,8,10,13H2,1-2H3,(H2,18,19,20). The van der Waals surface area contributed by atoms with Crippen LogP contribution in [0.1, 0.15) is 18.9 Å². The number of nitrogens with zero attached hydrogens (tertiary/aromatic N) is 3. The minimum atomic E-state index is 0.127. The molecule has 0 radical (unpaired) electrons. The van der Waals surface area contributed by atoms with Crippen LogP contribution in [0.25, 0.3) is 0 Å². The number of ether oxygens (including phenoxy) is 1. The van der Waals surface area contributed by atoms with Gasteiger partial charge in [-0.1, -0.05) is 6.07 Å². The summed E-state index contributed by atoms with van der Waals surface area (Å²) in [6, 6.07) is 7.22. The fraction of sp³-hybridized carbons (Fsp3) is 0.412. The van der Waals surface area contributed by atoms with Crippen LogP contribution in [-0.4, -0.2) is 41.0 Å². The average Bonchev–Trinajstić information content (AvgIpc) is 3.10. The first-order valence-electron chi connectivity index (χ1n) is 8.08. The van der Waals surface area contributed by atoms with E-state index in [9.17, 15) is 5.11 Å². The Morgan fingerprint density at radius 1 is 1.38 bits per heavy atom. The second kappa shape index (κ2) is 9.44. The Morgan fingerprint density at radius 3 is 2.92 bits per heavy atom. The van der Waals surface area contributed by atoms with Crippen LogP contribution in [-0.2, 0) is 13.1 Å². The molecule has 0 atom stereocenters. The molecule has 0 unspecified atom stereocenters. The molecular weight excluding hydrogens is 306 g/mol. The maximum atomic E-state index is 9.81. The van der Waals surface area contributed by atoms with E-state index >= 15 is 0 Å². The van der Waals surface area contributed by atoms with E-state index in [0.717, 1.165) is 37.6 Å². The Labute approximate surface area is 142 Å². The van der Waals surface area contributed by atoms with Gasteiger partial charge in [-0.25, -0.2) is 4.99 Å². The molecule has 130 valence electrons. The number of aromatic nitrogens is 2. The van der Waals surface area contributed by atoms with Gasteiger partial charge in [0.1, 0.15) is 0 Å². The Morgan fingerprint density at radius 2 is 2.25 bits per heavy atom. The van der Waals surface area contributed by atoms with E-state index in [1.165, 1.54) is 7.11 Å². The summed E-state index contributed by atoms with van der Waals surface area (Å²) < 4.78 is 6.95. The van der Waals surface area contributed by atoms with E-state index in [2.05, 4.69) is 20.7 Å². The molecule has 7 nitrogen and oxygen atoms in total. The molecule has 1 aromatic carbocycles. The van der Waals surface area contributed by atoms with Crippen LogP contribution in [0.5, 0.6) is 11.5 Å². The van der Waals surface area contributed by atoms with Gasteiger partial charge >= 0.3 is 0 Å². The molecule has 3 N–H and O–H groups in total. The van der Waals surface area contributed by atoms with E-state index in [1.54, 1.807) is 18.3 Å². The summed E-state index contributed by atoms with van der Waals surface area (Å²) in [5, 5.41) is 20.5. The number of benzene rings is 1. The molecule has 7 heteroatoms. The number of aliphatic imine (C=N–C) groups is 1. The fourth-order valence-corrected chi connectivity index (χ4v) is 2.23. The van der Waals surface area contributed by atoms with Crippen LogP contribution < -0.4 is 15.4 Å². The Kier molecular flexibility index (Phi) is 6.94. The predicted molar refractivity (Wildman–Crippen MR) is 94.3 cm³/mol. The van der Waals surface area contributed by atoms with Crippen molar-refractivity contribution in [3.8, 4) is 11.5 Å². The van der Waals surface area contributed by atoms with Crippen molar-refractivity contribution in [1.82, 2.24) is 20.4 Å². The summed E-state index contributed by atoms with van der Waals surface area (Å²) in [5.41, 5.74) is 0.919. The Balaban J connectivity index is 1.84. The lowest BCUT2D eigenvalue weighted by atomic mass is 10.2. The molecule has 2 aromatic rings. The number of phenolic OH excluding ortho intramolecular Hbond substituents is 1. The van der Waals surface area contributed by atoms with Crippen molar-refractivity contribution >= 4 is 5.96 Å². The molecule has 1 aromatic heterocycles. The third-order valence-corrected chi connectivity index (χ3v) is 3.42. The van der Waals surface area contributed by atoms with Crippen LogP contribution in [0.4, 0.5) is 0 Å². The number of methoxy groups -OCH3 is 1. The lowest BCUT2D eigenvalue weighted by Crippen LogP contribution is -2.38. The largest absolute Gasteiger partial charge is 0.504 e. The van der Waals surface area contributed by atoms with E-state index in [1.807, 2.05) is 29.9 Å². The molecule has 0 saturated carbocycles. The highest BCUT2D eigenvalue weighted by Crippen LogP contribution is 2.26. The van der Waals surface area contributed by atoms with Crippen molar-refractivity contribution < 1.29 is 9.84 Å². The SMILES string of the molecule is CCNC(=NCc1ccc(OC)c(O)c1)NCCCn1cccn1. The van der Waals surface area contributed by atoms with Crippen molar-refractivity contribution in [3.05, 3.63) is 42.2 Å². The van der Waals surface area contributed by atoms with Crippen LogP contribution in [0, 0.1) is 0 Å². The monoisotopic (exact) mass is 331 g/mol. The Hall–Kier alpha value is -2.70. The molecule has 0 bridgehead atoms. The number of nitrogens with one attached hydrogen (secondary N) is 2. The van der Waals surface area contributed by atoms with E-state index in [-0.39, 0.29) is 5.75 Å². The number of rotatable bonds is 8. The topological polar surface area (TPSA) is 83.7 Å². The summed E-state index contributed by atoms with van der Waals surface area (Å²) in [5.74, 6) is 1.35. The number of guanidine groups is 1. The van der Waals surface area contributed by atoms with Crippen molar-refractivity contribution in [2.24, 2.45) is 4.99 Å². The van der Waals surface area contributed by atoms with Crippen molar-refractivity contribution in [2.75, 3.05) is 20.2 Å². The third kappa shape index (κ3) is 5.49. The molecule has 0 aliphatic rings. The highest BCUT2D eigenvalue weighted by molar-refractivity contribution is 5.79. The van der Waals surface area contributed by atoms with Crippen molar-refractivity contribution in [1.29, 1.82) is 0 Å². The van der Waals surface area contributed by atoms with Gasteiger partial charge in [0.25, 0.3) is 0 Å². The molecule has 0 spiro atoms. The number of hydrogen-bond acceptors (Lipinski definition) is 4. The molecule has 1 heterocycles. The van der Waals surface area contributed by atoms with Crippen molar-refractivity contribution in [2.45, 2.75) is 26.4 Å². The van der Waals surface area contributed by atoms with Crippen molar-refractivity contribution in [3.63, 3.8) is 0 Å². The molecule has 0 fully saturated rings. The fourth-order valence-electron chi connectivity index (χ4n) is 2.23. The zero-order valence-corrected chi connectivity index (χ0v) is 14.2. The van der Waals surface area contributed by atoms with Gasteiger partial charge in [0.15, 0.2) is 17.5 Å². The van der Waals surface area contributed by atoms with E-state index < -0.39 is 0 Å². The van der Waals surface area contributed by atoms with Crippen LogP contribution in [0.15, 0.2) is 41.7 Å². The average molecular weight is 331 g/mol. The minimum Gasteiger partial charge on any atom is -0.504 e. The van der Waals surface area contributed by atoms with Gasteiger partial charge in [-0.3, -0.25) is 4.68 Å². The zero-order chi connectivity index (χ0) is 17.2. The molecular formula is C17H25N5O2. The summed E-state index contributed by atoms with van der Waals surface area (Å²) in [4.78, 5) is 4.53. The highest BCUT2D eigenvalue weighted by atomic mass is 16.5. The summed E-state index contributed by atoms with van der Waals surface area (Å²) in [6.45, 7) is 4.97. The van der Waals surface area contributed by atoms with Gasteiger partial charge in [-0.05, 0) is 37.1 Å². The maximum Gasteiger partial charge on any atom is 0.191 e. The molecule has 0 amide bonds. The second-order valence-electron chi connectivity index (χ2n) is 5.25. The smallest absolute Gasteiger partial charge is 0.191 e. The molecule has 0 aliphatic heterocycles. The summed E-state index contributed by atoms with van der Waals surface area (Å²) in [7, 11) is 1.53. The van der Waals surface area contributed by atoms with Gasteiger partial charge < -0.3 is 20.5 Å². The molecule has 0 aliphatic carbocycles. The molecule has 0 saturated heterocycles. The number of phenols is 1. The van der Waals surface area contributed by atoms with Crippen LogP contribution in [0.3, 0.4) is 0 Å². The number of aryl methyl sites for hydroxylation is 1. The zero-order valence-electron chi connectivity index (χ0n) is 14.2. The van der Waals surface area contributed by atoms with Crippen LogP contribution >= 0.6 is 0 Å². The van der Waals surface area contributed by atoms with Crippen LogP contribution in [0.2, 0.25) is 0 Å². The van der Waals surface area contributed by atoms with Gasteiger partial charge in [0, 0.05) is 32.0 Å². The molecule has 24 heavy (non-hydrogen) atoms. The Bertz CT molecular complexity index is 640. The maximum absolute atomic E-state index is 9.81. The lowest BCUT2D eigenvalue weighted by Gasteiger charge is -2.11. The van der Waals surface area contributed by atoms with E-state index in [0.29, 0.717) is 12.3 Å². The normalized spacial score (nSPS) is 11.3. The predicted octanol–water partition coefficient (Wildman–Crippen LogP) is 1.74. The summed E-state index contributed by atoms with van der Waals surface area (Å²) in [6.07, 6.45) is 4.69. The summed E-state index contributed by atoms with van der Waals surface area (Å²) >= 11 is 0. The number of aromatic hydroxyl groups is 1. The highest BCUT2D eigenvalue weighted by Gasteiger charge is 2.03. The molecule has 2 rings (SSSR count). The van der Waals surface area contributed by atoms with Gasteiger partial charge in [-0.2, -0.15) is 5.10 Å². The quantitative estimate of drug-likeness (QED) is 0.390.